The Morgan fingerprint density at radius 1 is 0.765 bits per heavy atom. The first-order valence-corrected chi connectivity index (χ1v) is 12.0. The fraction of sp³-hybridized carbons (Fsp3) is 0.357. The molecule has 3 rings (SSSR count). The third-order valence-corrected chi connectivity index (χ3v) is 5.44. The molecular formula is C28H34N2O4. The van der Waals surface area contributed by atoms with E-state index in [4.69, 9.17) is 9.47 Å². The third kappa shape index (κ3) is 7.94. The Morgan fingerprint density at radius 2 is 1.24 bits per heavy atom. The number of esters is 2. The second-order valence-electron chi connectivity index (χ2n) is 8.32. The Morgan fingerprint density at radius 3 is 1.62 bits per heavy atom. The first-order chi connectivity index (χ1) is 16.6. The van der Waals surface area contributed by atoms with Gasteiger partial charge in [0.2, 0.25) is 0 Å². The molecule has 0 aliphatic carbocycles. The van der Waals surface area contributed by atoms with E-state index < -0.39 is 0 Å². The van der Waals surface area contributed by atoms with Crippen LogP contribution < -0.4 is 0 Å². The molecule has 0 bridgehead atoms. The van der Waals surface area contributed by atoms with Crippen LogP contribution >= 0.6 is 0 Å². The van der Waals surface area contributed by atoms with Gasteiger partial charge in [0.25, 0.3) is 0 Å². The van der Waals surface area contributed by atoms with E-state index in [0.717, 1.165) is 36.8 Å². The van der Waals surface area contributed by atoms with Crippen molar-refractivity contribution in [3.05, 3.63) is 96.3 Å². The molecular weight excluding hydrogens is 428 g/mol. The van der Waals surface area contributed by atoms with Crippen LogP contribution in [0.15, 0.2) is 72.1 Å². The average Bonchev–Trinajstić information content (AvgIpc) is 2.85. The minimum absolute atomic E-state index is 0.278. The van der Waals surface area contributed by atoms with Gasteiger partial charge in [0, 0.05) is 25.5 Å². The molecule has 2 aliphatic rings. The number of carbonyl (C=O) groups is 2. The fourth-order valence-electron chi connectivity index (χ4n) is 3.43. The van der Waals surface area contributed by atoms with Crippen LogP contribution in [-0.2, 0) is 32.2 Å². The Bertz CT molecular complexity index is 888. The smallest absolute Gasteiger partial charge is 0.337 e. The van der Waals surface area contributed by atoms with Crippen molar-refractivity contribution < 1.29 is 19.1 Å². The van der Waals surface area contributed by atoms with E-state index >= 15 is 0 Å². The third-order valence-electron chi connectivity index (χ3n) is 5.44. The lowest BCUT2D eigenvalue weighted by Gasteiger charge is -2.24. The van der Waals surface area contributed by atoms with Gasteiger partial charge in [-0.1, -0.05) is 51.0 Å². The van der Waals surface area contributed by atoms with E-state index in [1.807, 2.05) is 41.4 Å². The van der Waals surface area contributed by atoms with Crippen molar-refractivity contribution in [2.24, 2.45) is 0 Å². The van der Waals surface area contributed by atoms with Crippen molar-refractivity contribution in [1.82, 2.24) is 9.80 Å². The molecule has 6 heteroatoms. The molecule has 0 unspecified atom stereocenters. The van der Waals surface area contributed by atoms with Gasteiger partial charge in [0.15, 0.2) is 0 Å². The zero-order chi connectivity index (χ0) is 24.2. The molecule has 0 amide bonds. The van der Waals surface area contributed by atoms with Crippen LogP contribution in [0.1, 0.15) is 50.7 Å². The summed E-state index contributed by atoms with van der Waals surface area (Å²) in [5.74, 6) is -0.556. The van der Waals surface area contributed by atoms with E-state index in [0.29, 0.717) is 37.4 Å². The van der Waals surface area contributed by atoms with E-state index in [1.165, 1.54) is 0 Å². The second-order valence-corrected chi connectivity index (χ2v) is 8.32. The predicted molar refractivity (Wildman–Crippen MR) is 132 cm³/mol. The molecule has 0 atom stereocenters. The highest BCUT2D eigenvalue weighted by Gasteiger charge is 2.15. The fourth-order valence-corrected chi connectivity index (χ4v) is 3.43. The van der Waals surface area contributed by atoms with Gasteiger partial charge in [-0.25, -0.2) is 9.59 Å². The van der Waals surface area contributed by atoms with Crippen LogP contribution in [0.25, 0.3) is 0 Å². The number of carbonyl (C=O) groups excluding carboxylic acids is 2. The van der Waals surface area contributed by atoms with Crippen LogP contribution in [0.4, 0.5) is 0 Å². The van der Waals surface area contributed by atoms with Crippen molar-refractivity contribution in [3.63, 3.8) is 0 Å². The highest BCUT2D eigenvalue weighted by molar-refractivity contribution is 5.92. The van der Waals surface area contributed by atoms with Crippen molar-refractivity contribution in [1.29, 1.82) is 0 Å². The zero-order valence-corrected chi connectivity index (χ0v) is 20.1. The summed E-state index contributed by atoms with van der Waals surface area (Å²) >= 11 is 0. The minimum atomic E-state index is -0.278. The Balaban J connectivity index is 1.46. The van der Waals surface area contributed by atoms with Crippen LogP contribution in [0.2, 0.25) is 0 Å². The Kier molecular flexibility index (Phi) is 10.0. The van der Waals surface area contributed by atoms with Gasteiger partial charge in [-0.2, -0.15) is 0 Å². The number of hydrogen-bond acceptors (Lipinski definition) is 6. The lowest BCUT2D eigenvalue weighted by atomic mass is 10.1. The van der Waals surface area contributed by atoms with Gasteiger partial charge in [0.1, 0.15) is 0 Å². The maximum atomic E-state index is 12.1. The van der Waals surface area contributed by atoms with Crippen LogP contribution in [0.5, 0.6) is 0 Å². The summed E-state index contributed by atoms with van der Waals surface area (Å²) in [5.41, 5.74) is 3.46. The molecule has 0 aromatic heterocycles. The number of hydrogen-bond donors (Lipinski definition) is 0. The summed E-state index contributed by atoms with van der Waals surface area (Å²) in [7, 11) is 0. The van der Waals surface area contributed by atoms with Crippen molar-refractivity contribution >= 4 is 11.9 Å². The molecule has 34 heavy (non-hydrogen) atoms. The zero-order valence-electron chi connectivity index (χ0n) is 20.1. The predicted octanol–water partition coefficient (Wildman–Crippen LogP) is 5.21. The van der Waals surface area contributed by atoms with Crippen molar-refractivity contribution in [3.8, 4) is 0 Å². The van der Waals surface area contributed by atoms with Gasteiger partial charge < -0.3 is 19.3 Å². The van der Waals surface area contributed by atoms with E-state index in [1.54, 1.807) is 24.3 Å². The molecule has 2 aliphatic heterocycles. The molecule has 0 fully saturated rings. The average molecular weight is 463 g/mol. The van der Waals surface area contributed by atoms with E-state index in [-0.39, 0.29) is 11.9 Å². The van der Waals surface area contributed by atoms with Gasteiger partial charge in [-0.05, 0) is 48.3 Å². The summed E-state index contributed by atoms with van der Waals surface area (Å²) in [6, 6.07) is 8.39. The van der Waals surface area contributed by atoms with Gasteiger partial charge in [-0.15, -0.1) is 0 Å². The molecule has 0 saturated carbocycles. The van der Waals surface area contributed by atoms with E-state index in [2.05, 4.69) is 32.0 Å². The standard InChI is InChI=1S/C28H34N2O4/c1-3-5-18-33-27(31)25-10-14-29(15-11-25)21-23-8-7-9-24(20-23)22-30-16-12-26(13-17-30)28(32)34-19-6-4-2/h7-17,20H,3-6,18-19,21-22H2,1-2H3. The Labute approximate surface area is 203 Å². The monoisotopic (exact) mass is 462 g/mol. The molecule has 180 valence electrons. The van der Waals surface area contributed by atoms with Crippen molar-refractivity contribution in [2.45, 2.75) is 52.6 Å². The van der Waals surface area contributed by atoms with E-state index in [9.17, 15) is 9.59 Å². The first kappa shape index (κ1) is 25.3. The normalized spacial score (nSPS) is 15.1. The molecule has 0 N–H and O–H groups in total. The highest BCUT2D eigenvalue weighted by atomic mass is 16.5. The summed E-state index contributed by atoms with van der Waals surface area (Å²) < 4.78 is 10.5. The number of benzene rings is 1. The second kappa shape index (κ2) is 13.4. The van der Waals surface area contributed by atoms with Gasteiger partial charge in [-0.3, -0.25) is 0 Å². The van der Waals surface area contributed by atoms with Crippen LogP contribution in [0.3, 0.4) is 0 Å². The topological polar surface area (TPSA) is 59.1 Å². The molecule has 6 nitrogen and oxygen atoms in total. The number of unbranched alkanes of at least 4 members (excludes halogenated alkanes) is 2. The molecule has 1 aromatic rings. The van der Waals surface area contributed by atoms with Crippen LogP contribution in [0, 0.1) is 13.1 Å². The lowest BCUT2D eigenvalue weighted by molar-refractivity contribution is -0.139. The Hall–Kier alpha value is -3.28. The number of nitrogens with zero attached hydrogens (tertiary/aromatic N) is 2. The maximum absolute atomic E-state index is 12.1. The lowest BCUT2D eigenvalue weighted by Crippen LogP contribution is -2.19. The molecule has 0 spiro atoms. The first-order valence-electron chi connectivity index (χ1n) is 12.0. The summed E-state index contributed by atoms with van der Waals surface area (Å²) in [5, 5.41) is 0. The molecule has 2 radical (unpaired) electrons. The largest absolute Gasteiger partial charge is 0.462 e. The number of ether oxygens (including phenoxy) is 2. The summed E-state index contributed by atoms with van der Waals surface area (Å²) in [4.78, 5) is 28.2. The van der Waals surface area contributed by atoms with Crippen molar-refractivity contribution in [2.75, 3.05) is 13.2 Å². The SMILES string of the molecule is CCCCOC(=O)C1=C[CH]N(Cc2cccc(CN3[CH]C=C(C(=O)OCCCC)C=C3)c2)C=C1. The minimum Gasteiger partial charge on any atom is -0.462 e. The van der Waals surface area contributed by atoms with Gasteiger partial charge in [0.05, 0.1) is 37.4 Å². The molecule has 0 saturated heterocycles. The van der Waals surface area contributed by atoms with Crippen LogP contribution in [-0.4, -0.2) is 35.0 Å². The maximum Gasteiger partial charge on any atom is 0.337 e. The van der Waals surface area contributed by atoms with Gasteiger partial charge >= 0.3 is 11.9 Å². The summed E-state index contributed by atoms with van der Waals surface area (Å²) in [6.45, 7) is 10.2. The summed E-state index contributed by atoms with van der Waals surface area (Å²) in [6.07, 6.45) is 14.7. The quantitative estimate of drug-likeness (QED) is 0.314. The molecule has 2 heterocycles. The highest BCUT2D eigenvalue weighted by Crippen LogP contribution is 2.19. The molecule has 1 aromatic carbocycles. The number of rotatable bonds is 12.